The molecule has 1 aromatic carbocycles. The van der Waals surface area contributed by atoms with E-state index in [0.717, 1.165) is 17.7 Å². The predicted octanol–water partition coefficient (Wildman–Crippen LogP) is 0.869. The molecule has 0 aliphatic carbocycles. The molecular weight excluding hydrogens is 231 g/mol. The van der Waals surface area contributed by atoms with Crippen LogP contribution in [-0.2, 0) is 4.74 Å². The number of hydrogen-bond acceptors (Lipinski definition) is 4. The summed E-state index contributed by atoms with van der Waals surface area (Å²) in [5.74, 6) is 0.756. The van der Waals surface area contributed by atoms with Gasteiger partial charge in [0.05, 0.1) is 12.2 Å². The molecule has 0 aliphatic rings. The van der Waals surface area contributed by atoms with Crippen molar-refractivity contribution < 1.29 is 19.5 Å². The van der Waals surface area contributed by atoms with Gasteiger partial charge in [0, 0.05) is 13.5 Å². The van der Waals surface area contributed by atoms with Crippen LogP contribution >= 0.6 is 0 Å². The lowest BCUT2D eigenvalue weighted by Crippen LogP contribution is -2.30. The van der Waals surface area contributed by atoms with E-state index in [1.165, 1.54) is 0 Å². The summed E-state index contributed by atoms with van der Waals surface area (Å²) in [5, 5.41) is 18.1. The van der Waals surface area contributed by atoms with Crippen LogP contribution in [0.1, 0.15) is 25.8 Å². The molecule has 0 atom stereocenters. The Hall–Kier alpha value is -1.04. The molecule has 0 fully saturated rings. The van der Waals surface area contributed by atoms with Crippen molar-refractivity contribution in [1.29, 1.82) is 0 Å². The maximum Gasteiger partial charge on any atom is 0.488 e. The highest BCUT2D eigenvalue weighted by Gasteiger charge is 2.17. The van der Waals surface area contributed by atoms with Crippen molar-refractivity contribution in [2.75, 3.05) is 13.7 Å². The molecule has 1 rings (SSSR count). The highest BCUT2D eigenvalue weighted by molar-refractivity contribution is 6.58. The number of aryl methyl sites for hydroxylation is 1. The van der Waals surface area contributed by atoms with E-state index < -0.39 is 7.12 Å². The van der Waals surface area contributed by atoms with Crippen LogP contribution in [0.3, 0.4) is 0 Å². The lowest BCUT2D eigenvalue weighted by Gasteiger charge is -2.23. The molecule has 4 nitrogen and oxygen atoms in total. The van der Waals surface area contributed by atoms with E-state index in [1.54, 1.807) is 25.3 Å². The van der Waals surface area contributed by atoms with Gasteiger partial charge in [0.1, 0.15) is 5.75 Å². The third-order valence-corrected chi connectivity index (χ3v) is 3.01. The molecule has 18 heavy (non-hydrogen) atoms. The molecule has 0 bridgehead atoms. The Morgan fingerprint density at radius 3 is 2.44 bits per heavy atom. The molecule has 1 aromatic rings. The summed E-state index contributed by atoms with van der Waals surface area (Å²) in [4.78, 5) is 0. The van der Waals surface area contributed by atoms with E-state index in [4.69, 9.17) is 19.5 Å². The van der Waals surface area contributed by atoms with Gasteiger partial charge in [0.2, 0.25) is 0 Å². The zero-order valence-electron chi connectivity index (χ0n) is 11.4. The van der Waals surface area contributed by atoms with E-state index in [1.807, 2.05) is 20.8 Å². The zero-order valence-corrected chi connectivity index (χ0v) is 11.4. The Bertz CT molecular complexity index is 391. The van der Waals surface area contributed by atoms with Gasteiger partial charge in [-0.1, -0.05) is 12.1 Å². The lowest BCUT2D eigenvalue weighted by molar-refractivity contribution is 0.00540. The third kappa shape index (κ3) is 4.33. The molecule has 0 amide bonds. The van der Waals surface area contributed by atoms with Crippen molar-refractivity contribution in [1.82, 2.24) is 0 Å². The van der Waals surface area contributed by atoms with Crippen molar-refractivity contribution in [3.05, 3.63) is 23.8 Å². The molecule has 2 N–H and O–H groups in total. The fourth-order valence-electron chi connectivity index (χ4n) is 1.50. The first-order valence-corrected chi connectivity index (χ1v) is 6.00. The average molecular weight is 252 g/mol. The monoisotopic (exact) mass is 252 g/mol. The number of benzene rings is 1. The van der Waals surface area contributed by atoms with Crippen LogP contribution in [-0.4, -0.2) is 36.5 Å². The fraction of sp³-hybridized carbons (Fsp3) is 0.538. The SMILES string of the molecule is COC(C)(C)CCOc1ccc(B(O)O)cc1C. The summed E-state index contributed by atoms with van der Waals surface area (Å²) in [5.41, 5.74) is 1.16. The van der Waals surface area contributed by atoms with E-state index in [0.29, 0.717) is 12.1 Å². The summed E-state index contributed by atoms with van der Waals surface area (Å²) >= 11 is 0. The van der Waals surface area contributed by atoms with Gasteiger partial charge >= 0.3 is 7.12 Å². The summed E-state index contributed by atoms with van der Waals surface area (Å²) < 4.78 is 11.0. The van der Waals surface area contributed by atoms with Gasteiger partial charge in [-0.25, -0.2) is 0 Å². The van der Waals surface area contributed by atoms with Gasteiger partial charge in [0.25, 0.3) is 0 Å². The minimum atomic E-state index is -1.44. The molecule has 0 saturated heterocycles. The number of hydrogen-bond donors (Lipinski definition) is 2. The number of rotatable bonds is 6. The van der Waals surface area contributed by atoms with E-state index >= 15 is 0 Å². The molecule has 0 radical (unpaired) electrons. The smallest absolute Gasteiger partial charge is 0.488 e. The van der Waals surface area contributed by atoms with Gasteiger partial charge in [-0.15, -0.1) is 0 Å². The highest BCUT2D eigenvalue weighted by atomic mass is 16.5. The Balaban J connectivity index is 2.58. The van der Waals surface area contributed by atoms with Gasteiger partial charge in [-0.3, -0.25) is 0 Å². The second-order valence-electron chi connectivity index (χ2n) is 4.96. The van der Waals surface area contributed by atoms with Crippen LogP contribution in [0.25, 0.3) is 0 Å². The van der Waals surface area contributed by atoms with Crippen molar-refractivity contribution in [3.8, 4) is 5.75 Å². The molecule has 0 aliphatic heterocycles. The van der Waals surface area contributed by atoms with E-state index in [2.05, 4.69) is 0 Å². The zero-order chi connectivity index (χ0) is 13.8. The molecule has 0 saturated carbocycles. The highest BCUT2D eigenvalue weighted by Crippen LogP contribution is 2.18. The first kappa shape index (κ1) is 15.0. The first-order valence-electron chi connectivity index (χ1n) is 6.00. The number of methoxy groups -OCH3 is 1. The minimum Gasteiger partial charge on any atom is -0.493 e. The Kier molecular flexibility index (Phi) is 5.20. The van der Waals surface area contributed by atoms with Crippen LogP contribution in [0.4, 0.5) is 0 Å². The van der Waals surface area contributed by atoms with Gasteiger partial charge in [-0.2, -0.15) is 0 Å². The Morgan fingerprint density at radius 2 is 1.94 bits per heavy atom. The maximum atomic E-state index is 9.05. The number of ether oxygens (including phenoxy) is 2. The van der Waals surface area contributed by atoms with Crippen LogP contribution < -0.4 is 10.2 Å². The van der Waals surface area contributed by atoms with Crippen LogP contribution in [0.5, 0.6) is 5.75 Å². The summed E-state index contributed by atoms with van der Waals surface area (Å²) in [7, 11) is 0.244. The van der Waals surface area contributed by atoms with E-state index in [-0.39, 0.29) is 5.60 Å². The second kappa shape index (κ2) is 6.23. The summed E-state index contributed by atoms with van der Waals surface area (Å²) in [6.45, 7) is 6.45. The maximum absolute atomic E-state index is 9.05. The average Bonchev–Trinajstić information content (AvgIpc) is 2.31. The van der Waals surface area contributed by atoms with Gasteiger partial charge < -0.3 is 19.5 Å². The summed E-state index contributed by atoms with van der Waals surface area (Å²) in [6.07, 6.45) is 0.785. The van der Waals surface area contributed by atoms with Crippen molar-refractivity contribution in [3.63, 3.8) is 0 Å². The largest absolute Gasteiger partial charge is 0.493 e. The van der Waals surface area contributed by atoms with Crippen molar-refractivity contribution >= 4 is 12.6 Å². The normalized spacial score (nSPS) is 11.4. The fourth-order valence-corrected chi connectivity index (χ4v) is 1.50. The van der Waals surface area contributed by atoms with Crippen LogP contribution in [0.15, 0.2) is 18.2 Å². The van der Waals surface area contributed by atoms with Crippen molar-refractivity contribution in [2.24, 2.45) is 0 Å². The molecule has 5 heteroatoms. The Labute approximate surface area is 109 Å². The third-order valence-electron chi connectivity index (χ3n) is 3.01. The van der Waals surface area contributed by atoms with E-state index in [9.17, 15) is 0 Å². The van der Waals surface area contributed by atoms with Gasteiger partial charge in [0.15, 0.2) is 0 Å². The lowest BCUT2D eigenvalue weighted by atomic mass is 9.79. The quantitative estimate of drug-likeness (QED) is 0.737. The predicted molar refractivity (Wildman–Crippen MR) is 72.2 cm³/mol. The minimum absolute atomic E-state index is 0.199. The van der Waals surface area contributed by atoms with Crippen LogP contribution in [0.2, 0.25) is 0 Å². The summed E-state index contributed by atoms with van der Waals surface area (Å²) in [6, 6.07) is 5.11. The van der Waals surface area contributed by atoms with Crippen molar-refractivity contribution in [2.45, 2.75) is 32.8 Å². The molecule has 0 spiro atoms. The topological polar surface area (TPSA) is 58.9 Å². The molecule has 0 heterocycles. The standard InChI is InChI=1S/C13H21BO4/c1-10-9-11(14(15)16)5-6-12(10)18-8-7-13(2,3)17-4/h5-6,9,15-16H,7-8H2,1-4H3. The first-order chi connectivity index (χ1) is 8.35. The molecule has 0 aromatic heterocycles. The Morgan fingerprint density at radius 1 is 1.28 bits per heavy atom. The second-order valence-corrected chi connectivity index (χ2v) is 4.96. The van der Waals surface area contributed by atoms with Crippen LogP contribution in [0, 0.1) is 6.92 Å². The molecule has 0 unspecified atom stereocenters. The molecule has 100 valence electrons. The molecular formula is C13H21BO4. The van der Waals surface area contributed by atoms with Gasteiger partial charge in [-0.05, 0) is 37.9 Å².